The molecule has 0 unspecified atom stereocenters. The first-order chi connectivity index (χ1) is 11.7. The van der Waals surface area contributed by atoms with Crippen LogP contribution in [0.25, 0.3) is 0 Å². The van der Waals surface area contributed by atoms with Gasteiger partial charge in [0.05, 0.1) is 13.7 Å². The van der Waals surface area contributed by atoms with Gasteiger partial charge in [0.1, 0.15) is 5.76 Å². The molecule has 0 radical (unpaired) electrons. The van der Waals surface area contributed by atoms with E-state index in [1.165, 1.54) is 24.4 Å². The van der Waals surface area contributed by atoms with Crippen LogP contribution in [-0.2, 0) is 17.0 Å². The molecule has 0 aliphatic rings. The number of ether oxygens (including phenoxy) is 1. The highest BCUT2D eigenvalue weighted by atomic mass is 32.2. The van der Waals surface area contributed by atoms with Gasteiger partial charge in [-0.1, -0.05) is 42.1 Å². The fourth-order valence-electron chi connectivity index (χ4n) is 2.11. The quantitative estimate of drug-likeness (QED) is 0.542. The number of carbonyl (C=O) groups is 1. The smallest absolute Gasteiger partial charge is 0.373 e. The van der Waals surface area contributed by atoms with Crippen LogP contribution in [0.5, 0.6) is 0 Å². The summed E-state index contributed by atoms with van der Waals surface area (Å²) in [5, 5.41) is 8.71. The normalized spacial score (nSPS) is 10.7. The van der Waals surface area contributed by atoms with Crippen LogP contribution < -0.4 is 5.73 Å². The number of esters is 1. The van der Waals surface area contributed by atoms with Gasteiger partial charge in [-0.25, -0.2) is 4.79 Å². The van der Waals surface area contributed by atoms with E-state index in [4.69, 9.17) is 10.2 Å². The third-order valence-corrected chi connectivity index (χ3v) is 4.36. The second-order valence-corrected chi connectivity index (χ2v) is 5.90. The summed E-state index contributed by atoms with van der Waals surface area (Å²) in [6, 6.07) is 13.3. The van der Waals surface area contributed by atoms with Crippen molar-refractivity contribution in [2.24, 2.45) is 0 Å². The maximum absolute atomic E-state index is 11.4. The zero-order valence-corrected chi connectivity index (χ0v) is 13.8. The van der Waals surface area contributed by atoms with E-state index in [0.717, 1.165) is 5.75 Å². The molecule has 0 aliphatic carbocycles. The number of nitrogens with zero attached hydrogens (tertiary/aromatic N) is 3. The molecule has 2 N–H and O–H groups in total. The Morgan fingerprint density at radius 3 is 2.79 bits per heavy atom. The molecule has 2 heterocycles. The number of anilines is 1. The summed E-state index contributed by atoms with van der Waals surface area (Å²) in [6.07, 6.45) is 0. The van der Waals surface area contributed by atoms with Gasteiger partial charge in [-0.2, -0.15) is 0 Å². The van der Waals surface area contributed by atoms with Crippen molar-refractivity contribution in [2.45, 2.75) is 17.5 Å². The number of nitrogen functional groups attached to an aromatic ring is 1. The lowest BCUT2D eigenvalue weighted by Crippen LogP contribution is -2.05. The standard InChI is InChI=1S/C16H16N4O3S/c1-22-14(21)13-8-7-12(23-13)9-20-15(17)18-19-16(20)24-10-11-5-3-2-4-6-11/h2-8H,9-10H2,1H3,(H2,17,18). The van der Waals surface area contributed by atoms with Crippen molar-refractivity contribution in [1.82, 2.24) is 14.8 Å². The summed E-state index contributed by atoms with van der Waals surface area (Å²) < 4.78 is 11.8. The van der Waals surface area contributed by atoms with Gasteiger partial charge in [0.15, 0.2) is 5.16 Å². The van der Waals surface area contributed by atoms with E-state index in [0.29, 0.717) is 23.4 Å². The van der Waals surface area contributed by atoms with Crippen LogP contribution in [-0.4, -0.2) is 27.8 Å². The number of benzene rings is 1. The molecule has 24 heavy (non-hydrogen) atoms. The van der Waals surface area contributed by atoms with E-state index >= 15 is 0 Å². The Kier molecular flexibility index (Phi) is 4.85. The van der Waals surface area contributed by atoms with Gasteiger partial charge >= 0.3 is 5.97 Å². The second-order valence-electron chi connectivity index (χ2n) is 4.96. The van der Waals surface area contributed by atoms with Gasteiger partial charge in [-0.3, -0.25) is 4.57 Å². The highest BCUT2D eigenvalue weighted by molar-refractivity contribution is 7.98. The maximum Gasteiger partial charge on any atom is 0.373 e. The number of carbonyl (C=O) groups excluding carboxylic acids is 1. The number of nitrogens with two attached hydrogens (primary N) is 1. The van der Waals surface area contributed by atoms with Crippen LogP contribution in [0, 0.1) is 0 Å². The Labute approximate surface area is 142 Å². The van der Waals surface area contributed by atoms with E-state index < -0.39 is 5.97 Å². The first-order valence-corrected chi connectivity index (χ1v) is 8.18. The Morgan fingerprint density at radius 2 is 2.04 bits per heavy atom. The Morgan fingerprint density at radius 1 is 1.25 bits per heavy atom. The Bertz CT molecular complexity index is 829. The lowest BCUT2D eigenvalue weighted by molar-refractivity contribution is 0.0563. The van der Waals surface area contributed by atoms with Crippen LogP contribution in [0.2, 0.25) is 0 Å². The maximum atomic E-state index is 11.4. The molecule has 0 saturated carbocycles. The predicted molar refractivity (Wildman–Crippen MR) is 89.6 cm³/mol. The molecule has 0 fully saturated rings. The highest BCUT2D eigenvalue weighted by Gasteiger charge is 2.15. The zero-order chi connectivity index (χ0) is 16.9. The number of hydrogen-bond acceptors (Lipinski definition) is 7. The van der Waals surface area contributed by atoms with Gasteiger partial charge in [0.2, 0.25) is 11.7 Å². The van der Waals surface area contributed by atoms with Crippen molar-refractivity contribution >= 4 is 23.7 Å². The average molecular weight is 344 g/mol. The van der Waals surface area contributed by atoms with E-state index in [1.54, 1.807) is 16.7 Å². The summed E-state index contributed by atoms with van der Waals surface area (Å²) in [5.41, 5.74) is 7.08. The van der Waals surface area contributed by atoms with Gasteiger partial charge in [0, 0.05) is 5.75 Å². The highest BCUT2D eigenvalue weighted by Crippen LogP contribution is 2.24. The van der Waals surface area contributed by atoms with E-state index in [-0.39, 0.29) is 5.76 Å². The minimum absolute atomic E-state index is 0.151. The molecule has 8 heteroatoms. The van der Waals surface area contributed by atoms with Crippen LogP contribution in [0.3, 0.4) is 0 Å². The summed E-state index contributed by atoms with van der Waals surface area (Å²) in [7, 11) is 1.31. The summed E-state index contributed by atoms with van der Waals surface area (Å²) in [5.74, 6) is 1.25. The minimum Gasteiger partial charge on any atom is -0.463 e. The summed E-state index contributed by atoms with van der Waals surface area (Å²) in [6.45, 7) is 0.340. The number of methoxy groups -OCH3 is 1. The monoisotopic (exact) mass is 344 g/mol. The van der Waals surface area contributed by atoms with Crippen molar-refractivity contribution in [3.63, 3.8) is 0 Å². The van der Waals surface area contributed by atoms with Gasteiger partial charge < -0.3 is 14.9 Å². The van der Waals surface area contributed by atoms with Gasteiger partial charge in [-0.05, 0) is 17.7 Å². The third kappa shape index (κ3) is 3.60. The molecule has 0 saturated heterocycles. The molecular formula is C16H16N4O3S. The molecule has 7 nitrogen and oxygen atoms in total. The van der Waals surface area contributed by atoms with Gasteiger partial charge in [0.25, 0.3) is 0 Å². The first-order valence-electron chi connectivity index (χ1n) is 7.20. The minimum atomic E-state index is -0.517. The van der Waals surface area contributed by atoms with Crippen LogP contribution >= 0.6 is 11.8 Å². The molecule has 0 spiro atoms. The molecule has 1 aromatic carbocycles. The summed E-state index contributed by atoms with van der Waals surface area (Å²) >= 11 is 1.53. The molecule has 0 amide bonds. The second kappa shape index (κ2) is 7.22. The van der Waals surface area contributed by atoms with E-state index in [1.807, 2.05) is 30.3 Å². The van der Waals surface area contributed by atoms with Crippen molar-refractivity contribution in [3.05, 3.63) is 59.5 Å². The number of hydrogen-bond donors (Lipinski definition) is 1. The number of aromatic nitrogens is 3. The molecule has 124 valence electrons. The SMILES string of the molecule is COC(=O)c1ccc(Cn2c(N)nnc2SCc2ccccc2)o1. The molecular weight excluding hydrogens is 328 g/mol. The van der Waals surface area contributed by atoms with E-state index in [9.17, 15) is 4.79 Å². The molecule has 2 aromatic heterocycles. The Hall–Kier alpha value is -2.74. The number of furan rings is 1. The van der Waals surface area contributed by atoms with Crippen LogP contribution in [0.4, 0.5) is 5.95 Å². The average Bonchev–Trinajstić information content (AvgIpc) is 3.22. The molecule has 3 aromatic rings. The van der Waals surface area contributed by atoms with Crippen molar-refractivity contribution in [1.29, 1.82) is 0 Å². The first kappa shape index (κ1) is 16.1. The number of rotatable bonds is 6. The molecule has 0 bridgehead atoms. The zero-order valence-electron chi connectivity index (χ0n) is 13.0. The van der Waals surface area contributed by atoms with Crippen molar-refractivity contribution in [2.75, 3.05) is 12.8 Å². The molecule has 3 rings (SSSR count). The molecule has 0 atom stereocenters. The van der Waals surface area contributed by atoms with E-state index in [2.05, 4.69) is 14.9 Å². The topological polar surface area (TPSA) is 96.2 Å². The summed E-state index contributed by atoms with van der Waals surface area (Å²) in [4.78, 5) is 11.4. The largest absolute Gasteiger partial charge is 0.463 e. The Balaban J connectivity index is 1.73. The van der Waals surface area contributed by atoms with Gasteiger partial charge in [-0.15, -0.1) is 10.2 Å². The predicted octanol–water partition coefficient (Wildman–Crippen LogP) is 2.58. The van der Waals surface area contributed by atoms with Crippen molar-refractivity contribution in [3.8, 4) is 0 Å². The number of thioether (sulfide) groups is 1. The van der Waals surface area contributed by atoms with Crippen molar-refractivity contribution < 1.29 is 13.9 Å². The van der Waals surface area contributed by atoms with Crippen LogP contribution in [0.1, 0.15) is 21.9 Å². The fourth-order valence-corrected chi connectivity index (χ4v) is 3.01. The molecule has 0 aliphatic heterocycles. The van der Waals surface area contributed by atoms with Crippen LogP contribution in [0.15, 0.2) is 52.0 Å². The fraction of sp³-hybridized carbons (Fsp3) is 0.188. The third-order valence-electron chi connectivity index (χ3n) is 3.32. The lowest BCUT2D eigenvalue weighted by Gasteiger charge is -2.06. The lowest BCUT2D eigenvalue weighted by atomic mass is 10.2.